The van der Waals surface area contributed by atoms with Gasteiger partial charge in [0.1, 0.15) is 0 Å². The van der Waals surface area contributed by atoms with Gasteiger partial charge in [0.05, 0.1) is 12.1 Å². The molecule has 1 N–H and O–H groups in total. The number of hydrogen-bond acceptors (Lipinski definition) is 4. The topological polar surface area (TPSA) is 38.3 Å². The number of aryl methyl sites for hydroxylation is 2. The van der Waals surface area contributed by atoms with Crippen LogP contribution in [0.1, 0.15) is 21.4 Å². The van der Waals surface area contributed by atoms with Gasteiger partial charge in [-0.05, 0) is 59.6 Å². The Balaban J connectivity index is 2.35. The van der Waals surface area contributed by atoms with Crippen molar-refractivity contribution in [3.63, 3.8) is 0 Å². The van der Waals surface area contributed by atoms with Crippen LogP contribution in [0.5, 0.6) is 0 Å². The molecule has 0 radical (unpaired) electrons. The van der Waals surface area contributed by atoms with Crippen LogP contribution < -0.4 is 5.32 Å². The van der Waals surface area contributed by atoms with Gasteiger partial charge in [0.2, 0.25) is 0 Å². The molecule has 0 bridgehead atoms. The van der Waals surface area contributed by atoms with Crippen LogP contribution in [-0.2, 0) is 9.53 Å². The molecule has 0 amide bonds. The number of ether oxygens (including phenoxy) is 1. The molecule has 2 rings (SSSR count). The molecule has 0 saturated heterocycles. The fraction of sp³-hybridized carbons (Fsp3) is 0.267. The van der Waals surface area contributed by atoms with E-state index in [-0.39, 0.29) is 5.97 Å². The van der Waals surface area contributed by atoms with Gasteiger partial charge in [0.15, 0.2) is 6.04 Å². The number of nitrogens with one attached hydrogen (secondary N) is 1. The largest absolute Gasteiger partial charge is 0.467 e. The zero-order chi connectivity index (χ0) is 15.6. The summed E-state index contributed by atoms with van der Waals surface area (Å²) in [6.45, 7) is 4.02. The molecule has 0 fully saturated rings. The normalized spacial score (nSPS) is 12.0. The number of carbonyl (C=O) groups excluding carboxylic acids is 1. The molecule has 1 atom stereocenters. The quantitative estimate of drug-likeness (QED) is 0.740. The molecule has 6 heteroatoms. The molecule has 3 nitrogen and oxygen atoms in total. The molecule has 2 aromatic rings. The number of carbonyl (C=O) groups is 1. The fourth-order valence-electron chi connectivity index (χ4n) is 2.07. The Hall–Kier alpha value is -1.04. The van der Waals surface area contributed by atoms with Crippen molar-refractivity contribution in [2.75, 3.05) is 12.4 Å². The number of rotatable bonds is 4. The van der Waals surface area contributed by atoms with Crippen molar-refractivity contribution >= 4 is 50.5 Å². The summed E-state index contributed by atoms with van der Waals surface area (Å²) in [4.78, 5) is 14.4. The van der Waals surface area contributed by atoms with Gasteiger partial charge >= 0.3 is 5.97 Å². The third-order valence-corrected chi connectivity index (χ3v) is 5.25. The van der Waals surface area contributed by atoms with Crippen molar-refractivity contribution in [2.45, 2.75) is 19.9 Å². The first-order chi connectivity index (χ1) is 9.92. The monoisotopic (exact) mass is 387 g/mol. The molecule has 0 aliphatic rings. The molecule has 0 aliphatic carbocycles. The molecule has 21 heavy (non-hydrogen) atoms. The van der Waals surface area contributed by atoms with Gasteiger partial charge in [-0.3, -0.25) is 0 Å². The van der Waals surface area contributed by atoms with E-state index in [0.717, 1.165) is 25.5 Å². The molecule has 0 saturated carbocycles. The van der Waals surface area contributed by atoms with Crippen molar-refractivity contribution in [3.05, 3.63) is 49.1 Å². The highest BCUT2D eigenvalue weighted by Gasteiger charge is 2.24. The summed E-state index contributed by atoms with van der Waals surface area (Å²) in [6, 6.07) is 6.92. The number of halogens is 2. The standard InChI is InChI=1S/C15H15BrClNO2S/c1-8-6-11(9(2)21-8)14(15(19)20-3)18-10-4-5-13(17)12(16)7-10/h4-7,14,18H,1-3H3. The smallest absolute Gasteiger partial charge is 0.333 e. The molecule has 112 valence electrons. The zero-order valence-electron chi connectivity index (χ0n) is 11.9. The van der Waals surface area contributed by atoms with Crippen LogP contribution in [0.4, 0.5) is 5.69 Å². The molecule has 1 unspecified atom stereocenters. The average Bonchev–Trinajstić information content (AvgIpc) is 2.78. The molecule has 1 aromatic carbocycles. The van der Waals surface area contributed by atoms with E-state index in [1.807, 2.05) is 32.0 Å². The van der Waals surface area contributed by atoms with Gasteiger partial charge in [-0.1, -0.05) is 11.6 Å². The van der Waals surface area contributed by atoms with Crippen LogP contribution in [0, 0.1) is 13.8 Å². The maximum Gasteiger partial charge on any atom is 0.333 e. The summed E-state index contributed by atoms with van der Waals surface area (Å²) < 4.78 is 5.70. The summed E-state index contributed by atoms with van der Waals surface area (Å²) in [6.07, 6.45) is 0. The predicted octanol–water partition coefficient (Wildman–Crippen LogP) is 5.11. The Morgan fingerprint density at radius 1 is 1.38 bits per heavy atom. The summed E-state index contributed by atoms with van der Waals surface area (Å²) in [5.41, 5.74) is 1.74. The van der Waals surface area contributed by atoms with E-state index in [9.17, 15) is 4.79 Å². The highest BCUT2D eigenvalue weighted by Crippen LogP contribution is 2.32. The summed E-state index contributed by atoms with van der Waals surface area (Å²) >= 11 is 11.0. The number of hydrogen-bond donors (Lipinski definition) is 1. The van der Waals surface area contributed by atoms with Crippen LogP contribution in [-0.4, -0.2) is 13.1 Å². The lowest BCUT2D eigenvalue weighted by Crippen LogP contribution is -2.22. The van der Waals surface area contributed by atoms with Crippen molar-refractivity contribution in [1.82, 2.24) is 0 Å². The average molecular weight is 389 g/mol. The Kier molecular flexibility index (Phi) is 5.30. The predicted molar refractivity (Wildman–Crippen MR) is 91.3 cm³/mol. The molecule has 1 heterocycles. The van der Waals surface area contributed by atoms with E-state index in [1.165, 1.54) is 7.11 Å². The first-order valence-electron chi connectivity index (χ1n) is 6.28. The second-order valence-electron chi connectivity index (χ2n) is 4.60. The zero-order valence-corrected chi connectivity index (χ0v) is 15.0. The first-order valence-corrected chi connectivity index (χ1v) is 8.27. The lowest BCUT2D eigenvalue weighted by Gasteiger charge is -2.18. The van der Waals surface area contributed by atoms with Crippen LogP contribution in [0.25, 0.3) is 0 Å². The van der Waals surface area contributed by atoms with Gasteiger partial charge in [-0.15, -0.1) is 11.3 Å². The Bertz CT molecular complexity index is 672. The molecule has 0 spiro atoms. The van der Waals surface area contributed by atoms with Gasteiger partial charge in [0, 0.05) is 19.9 Å². The molecular weight excluding hydrogens is 374 g/mol. The number of methoxy groups -OCH3 is 1. The van der Waals surface area contributed by atoms with Gasteiger partial charge in [-0.25, -0.2) is 4.79 Å². The number of anilines is 1. The maximum absolute atomic E-state index is 12.1. The van der Waals surface area contributed by atoms with Gasteiger partial charge in [-0.2, -0.15) is 0 Å². The highest BCUT2D eigenvalue weighted by molar-refractivity contribution is 9.10. The first kappa shape index (κ1) is 16.3. The lowest BCUT2D eigenvalue weighted by atomic mass is 10.1. The van der Waals surface area contributed by atoms with E-state index in [2.05, 4.69) is 21.2 Å². The maximum atomic E-state index is 12.1. The molecule has 0 aliphatic heterocycles. The van der Waals surface area contributed by atoms with Crippen molar-refractivity contribution < 1.29 is 9.53 Å². The van der Waals surface area contributed by atoms with Crippen LogP contribution >= 0.6 is 38.9 Å². The third kappa shape index (κ3) is 3.78. The van der Waals surface area contributed by atoms with Crippen LogP contribution in [0.15, 0.2) is 28.7 Å². The molecular formula is C15H15BrClNO2S. The summed E-state index contributed by atoms with van der Waals surface area (Å²) in [5, 5.41) is 3.83. The summed E-state index contributed by atoms with van der Waals surface area (Å²) in [7, 11) is 1.39. The van der Waals surface area contributed by atoms with Gasteiger partial charge in [0.25, 0.3) is 0 Å². The van der Waals surface area contributed by atoms with Crippen LogP contribution in [0.3, 0.4) is 0 Å². The van der Waals surface area contributed by atoms with Crippen molar-refractivity contribution in [3.8, 4) is 0 Å². The van der Waals surface area contributed by atoms with Crippen molar-refractivity contribution in [2.24, 2.45) is 0 Å². The van der Waals surface area contributed by atoms with E-state index >= 15 is 0 Å². The van der Waals surface area contributed by atoms with Gasteiger partial charge < -0.3 is 10.1 Å². The third-order valence-electron chi connectivity index (χ3n) is 3.06. The Morgan fingerprint density at radius 2 is 2.10 bits per heavy atom. The van der Waals surface area contributed by atoms with E-state index in [1.54, 1.807) is 17.4 Å². The van der Waals surface area contributed by atoms with E-state index in [4.69, 9.17) is 16.3 Å². The Morgan fingerprint density at radius 3 is 2.62 bits per heavy atom. The fourth-order valence-corrected chi connectivity index (χ4v) is 3.53. The highest BCUT2D eigenvalue weighted by atomic mass is 79.9. The second kappa shape index (κ2) is 6.81. The minimum atomic E-state index is -0.534. The Labute approximate surface area is 141 Å². The van der Waals surface area contributed by atoms with Crippen LogP contribution in [0.2, 0.25) is 5.02 Å². The number of benzene rings is 1. The molecule has 1 aromatic heterocycles. The minimum absolute atomic E-state index is 0.318. The SMILES string of the molecule is COC(=O)C(Nc1ccc(Cl)c(Br)c1)c1cc(C)sc1C. The van der Waals surface area contributed by atoms with Crippen molar-refractivity contribution in [1.29, 1.82) is 0 Å². The lowest BCUT2D eigenvalue weighted by molar-refractivity contribution is -0.141. The minimum Gasteiger partial charge on any atom is -0.467 e. The summed E-state index contributed by atoms with van der Waals surface area (Å²) in [5.74, 6) is -0.318. The van der Waals surface area contributed by atoms with E-state index < -0.39 is 6.04 Å². The van der Waals surface area contributed by atoms with E-state index in [0.29, 0.717) is 5.02 Å². The second-order valence-corrected chi connectivity index (χ2v) is 7.32. The number of esters is 1. The number of thiophene rings is 1.